The Balaban J connectivity index is 1.97. The molecule has 1 aromatic heterocycles. The lowest BCUT2D eigenvalue weighted by atomic mass is 9.93. The van der Waals surface area contributed by atoms with E-state index in [4.69, 9.17) is 4.52 Å². The fourth-order valence-corrected chi connectivity index (χ4v) is 1.82. The molecule has 2 rings (SSSR count). The van der Waals surface area contributed by atoms with Crippen molar-refractivity contribution in [3.8, 4) is 0 Å². The van der Waals surface area contributed by atoms with E-state index in [1.54, 1.807) is 6.07 Å². The number of nitrogens with zero attached hydrogens (tertiary/aromatic N) is 1. The lowest BCUT2D eigenvalue weighted by Gasteiger charge is -2.12. The summed E-state index contributed by atoms with van der Waals surface area (Å²) in [6.45, 7) is 6.47. The van der Waals surface area contributed by atoms with Crippen LogP contribution in [0.2, 0.25) is 0 Å². The van der Waals surface area contributed by atoms with Gasteiger partial charge in [0.2, 0.25) is 5.91 Å². The van der Waals surface area contributed by atoms with Crippen molar-refractivity contribution >= 4 is 11.7 Å². The summed E-state index contributed by atoms with van der Waals surface area (Å²) >= 11 is 0. The molecule has 2 heterocycles. The average Bonchev–Trinajstić information content (AvgIpc) is 2.85. The Morgan fingerprint density at radius 2 is 2.33 bits per heavy atom. The third-order valence-electron chi connectivity index (χ3n) is 2.92. The minimum Gasteiger partial charge on any atom is -0.392 e. The van der Waals surface area contributed by atoms with Crippen molar-refractivity contribution in [2.45, 2.75) is 44.8 Å². The summed E-state index contributed by atoms with van der Waals surface area (Å²) < 4.78 is 5.18. The Morgan fingerprint density at radius 3 is 2.83 bits per heavy atom. The zero-order chi connectivity index (χ0) is 13.3. The Bertz CT molecular complexity index is 436. The number of aromatic nitrogens is 1. The number of amides is 1. The van der Waals surface area contributed by atoms with Gasteiger partial charge in [-0.2, -0.15) is 0 Å². The highest BCUT2D eigenvalue weighted by molar-refractivity contribution is 5.94. The molecule has 1 aromatic rings. The van der Waals surface area contributed by atoms with Gasteiger partial charge >= 0.3 is 0 Å². The molecule has 0 aliphatic carbocycles. The van der Waals surface area contributed by atoms with Crippen molar-refractivity contribution in [3.05, 3.63) is 11.8 Å². The predicted octanol–water partition coefficient (Wildman–Crippen LogP) is 0.633. The Morgan fingerprint density at radius 1 is 1.61 bits per heavy atom. The molecule has 2 atom stereocenters. The monoisotopic (exact) mass is 253 g/mol. The molecule has 0 radical (unpaired) electrons. The minimum absolute atomic E-state index is 0.141. The lowest BCUT2D eigenvalue weighted by Crippen LogP contribution is -2.35. The third-order valence-corrected chi connectivity index (χ3v) is 2.92. The molecule has 0 aromatic carbocycles. The maximum absolute atomic E-state index is 11.9. The minimum atomic E-state index is -0.455. The molecule has 0 bridgehead atoms. The Labute approximate surface area is 106 Å². The fourth-order valence-electron chi connectivity index (χ4n) is 1.82. The van der Waals surface area contributed by atoms with Crippen molar-refractivity contribution < 1.29 is 14.4 Å². The van der Waals surface area contributed by atoms with Crippen LogP contribution in [-0.4, -0.2) is 34.9 Å². The molecule has 0 saturated carbocycles. The van der Waals surface area contributed by atoms with Crippen LogP contribution in [0.5, 0.6) is 0 Å². The molecule has 1 saturated heterocycles. The van der Waals surface area contributed by atoms with Gasteiger partial charge in [0.25, 0.3) is 0 Å². The van der Waals surface area contributed by atoms with E-state index in [1.807, 2.05) is 20.8 Å². The molecule has 1 amide bonds. The third kappa shape index (κ3) is 2.88. The van der Waals surface area contributed by atoms with Crippen molar-refractivity contribution in [1.29, 1.82) is 0 Å². The van der Waals surface area contributed by atoms with Crippen LogP contribution in [0.25, 0.3) is 0 Å². The van der Waals surface area contributed by atoms with E-state index in [0.29, 0.717) is 18.8 Å². The molecule has 1 aliphatic heterocycles. The summed E-state index contributed by atoms with van der Waals surface area (Å²) in [6, 6.07) is 1.36. The molecule has 0 spiro atoms. The number of hydrogen-bond donors (Lipinski definition) is 3. The lowest BCUT2D eigenvalue weighted by molar-refractivity contribution is -0.118. The molecule has 3 N–H and O–H groups in total. The van der Waals surface area contributed by atoms with Crippen LogP contribution < -0.4 is 10.6 Å². The zero-order valence-corrected chi connectivity index (χ0v) is 10.9. The van der Waals surface area contributed by atoms with Gasteiger partial charge in [-0.1, -0.05) is 25.9 Å². The first-order chi connectivity index (χ1) is 8.36. The largest absolute Gasteiger partial charge is 0.392 e. The molecule has 6 nitrogen and oxygen atoms in total. The quantitative estimate of drug-likeness (QED) is 0.719. The first-order valence-electron chi connectivity index (χ1n) is 6.06. The van der Waals surface area contributed by atoms with E-state index < -0.39 is 6.10 Å². The van der Waals surface area contributed by atoms with Gasteiger partial charge in [-0.05, 0) is 6.42 Å². The first-order valence-corrected chi connectivity index (χ1v) is 6.06. The van der Waals surface area contributed by atoms with Gasteiger partial charge < -0.3 is 20.3 Å². The second-order valence-corrected chi connectivity index (χ2v) is 5.67. The summed E-state index contributed by atoms with van der Waals surface area (Å²) in [7, 11) is 0. The van der Waals surface area contributed by atoms with Gasteiger partial charge in [-0.3, -0.25) is 4.79 Å². The maximum Gasteiger partial charge on any atom is 0.242 e. The van der Waals surface area contributed by atoms with Crippen molar-refractivity contribution in [2.75, 3.05) is 11.9 Å². The normalized spacial score (nSPS) is 24.2. The summed E-state index contributed by atoms with van der Waals surface area (Å²) in [6.07, 6.45) is -0.0290. The van der Waals surface area contributed by atoms with E-state index in [0.717, 1.165) is 5.76 Å². The molecule has 1 fully saturated rings. The van der Waals surface area contributed by atoms with Gasteiger partial charge in [-0.15, -0.1) is 0 Å². The topological polar surface area (TPSA) is 87.4 Å². The van der Waals surface area contributed by atoms with Crippen LogP contribution in [0, 0.1) is 0 Å². The molecule has 0 unspecified atom stereocenters. The number of rotatable bonds is 2. The van der Waals surface area contributed by atoms with E-state index in [1.165, 1.54) is 0 Å². The van der Waals surface area contributed by atoms with Gasteiger partial charge in [0.15, 0.2) is 5.82 Å². The van der Waals surface area contributed by atoms with Crippen LogP contribution in [-0.2, 0) is 10.2 Å². The molecule has 1 aliphatic rings. The fraction of sp³-hybridized carbons (Fsp3) is 0.667. The highest BCUT2D eigenvalue weighted by Gasteiger charge is 2.29. The van der Waals surface area contributed by atoms with Crippen LogP contribution in [0.3, 0.4) is 0 Å². The number of β-amino-alcohol motifs (C(OH)–C–C–N with tert-alkyl or cyclic N) is 1. The Hall–Kier alpha value is -1.40. The second-order valence-electron chi connectivity index (χ2n) is 5.67. The van der Waals surface area contributed by atoms with Crippen LogP contribution in [0.4, 0.5) is 5.82 Å². The summed E-state index contributed by atoms with van der Waals surface area (Å²) in [5.74, 6) is 0.936. The smallest absolute Gasteiger partial charge is 0.242 e. The highest BCUT2D eigenvalue weighted by atomic mass is 16.5. The van der Waals surface area contributed by atoms with Crippen molar-refractivity contribution in [1.82, 2.24) is 10.5 Å². The standard InChI is InChI=1S/C12H19N3O3/c1-12(2,3)9-5-10(15-18-9)14-11(17)8-4-7(16)6-13-8/h5,7-8,13,16H,4,6H2,1-3H3,(H,14,15,17)/t7-,8-/m0/s1. The Kier molecular flexibility index (Phi) is 3.41. The van der Waals surface area contributed by atoms with Crippen molar-refractivity contribution in [2.24, 2.45) is 0 Å². The average molecular weight is 253 g/mol. The summed E-state index contributed by atoms with van der Waals surface area (Å²) in [4.78, 5) is 11.9. The molecule has 6 heteroatoms. The van der Waals surface area contributed by atoms with Crippen LogP contribution in [0.15, 0.2) is 10.6 Å². The number of carbonyl (C=O) groups is 1. The van der Waals surface area contributed by atoms with Gasteiger partial charge in [0.05, 0.1) is 12.1 Å². The predicted molar refractivity (Wildman–Crippen MR) is 66.2 cm³/mol. The van der Waals surface area contributed by atoms with Gasteiger partial charge in [0, 0.05) is 18.0 Å². The number of carbonyl (C=O) groups excluding carboxylic acids is 1. The van der Waals surface area contributed by atoms with Gasteiger partial charge in [0.1, 0.15) is 5.76 Å². The zero-order valence-electron chi connectivity index (χ0n) is 10.9. The SMILES string of the molecule is CC(C)(C)c1cc(NC(=O)[C@@H]2C[C@H](O)CN2)no1. The molecule has 18 heavy (non-hydrogen) atoms. The number of hydrogen-bond acceptors (Lipinski definition) is 5. The number of anilines is 1. The maximum atomic E-state index is 11.9. The van der Waals surface area contributed by atoms with Gasteiger partial charge in [-0.25, -0.2) is 0 Å². The number of aliphatic hydroxyl groups excluding tert-OH is 1. The van der Waals surface area contributed by atoms with E-state index in [-0.39, 0.29) is 17.4 Å². The highest BCUT2D eigenvalue weighted by Crippen LogP contribution is 2.24. The van der Waals surface area contributed by atoms with Crippen molar-refractivity contribution in [3.63, 3.8) is 0 Å². The molecular formula is C12H19N3O3. The van der Waals surface area contributed by atoms with Crippen LogP contribution >= 0.6 is 0 Å². The van der Waals surface area contributed by atoms with E-state index >= 15 is 0 Å². The van der Waals surface area contributed by atoms with Crippen LogP contribution in [0.1, 0.15) is 33.0 Å². The van der Waals surface area contributed by atoms with E-state index in [9.17, 15) is 9.90 Å². The number of aliphatic hydroxyl groups is 1. The summed E-state index contributed by atoms with van der Waals surface area (Å²) in [5.41, 5.74) is -0.141. The second kappa shape index (κ2) is 4.70. The molecule has 100 valence electrons. The first kappa shape index (κ1) is 13.0. The summed E-state index contributed by atoms with van der Waals surface area (Å²) in [5, 5.41) is 18.8. The van der Waals surface area contributed by atoms with E-state index in [2.05, 4.69) is 15.8 Å². The molecular weight excluding hydrogens is 234 g/mol. The number of nitrogens with one attached hydrogen (secondary N) is 2.